The molecule has 14 heavy (non-hydrogen) atoms. The number of hydrogen-bond acceptors (Lipinski definition) is 3. The number of nitrogens with zero attached hydrogens (tertiary/aromatic N) is 2. The van der Waals surface area contributed by atoms with E-state index in [1.165, 1.54) is 0 Å². The molecule has 3 aromatic heterocycles. The van der Waals surface area contributed by atoms with Crippen LogP contribution in [0, 0.1) is 0 Å². The predicted octanol–water partition coefficient (Wildman–Crippen LogP) is 3.78. The maximum atomic E-state index is 5.87. The highest BCUT2D eigenvalue weighted by Gasteiger charge is 2.06. The van der Waals surface area contributed by atoms with Gasteiger partial charge in [-0.1, -0.05) is 11.6 Å². The SMILES string of the molecule is Clc1ccc(-c2cn3ccsc3n2)s1. The van der Waals surface area contributed by atoms with E-state index in [0.717, 1.165) is 19.9 Å². The third kappa shape index (κ3) is 1.27. The van der Waals surface area contributed by atoms with E-state index in [-0.39, 0.29) is 0 Å². The molecule has 2 nitrogen and oxygen atoms in total. The molecule has 0 aliphatic carbocycles. The Morgan fingerprint density at radius 2 is 2.29 bits per heavy atom. The number of aromatic nitrogens is 2. The Hall–Kier alpha value is -0.840. The Kier molecular flexibility index (Phi) is 1.87. The lowest BCUT2D eigenvalue weighted by Crippen LogP contribution is -1.68. The minimum atomic E-state index is 0.802. The lowest BCUT2D eigenvalue weighted by molar-refractivity contribution is 1.23. The van der Waals surface area contributed by atoms with Gasteiger partial charge >= 0.3 is 0 Å². The standard InChI is InChI=1S/C9H5ClN2S2/c10-8-2-1-7(14-8)6-5-12-3-4-13-9(12)11-6/h1-5H. The number of hydrogen-bond donors (Lipinski definition) is 0. The molecular formula is C9H5ClN2S2. The topological polar surface area (TPSA) is 17.3 Å². The van der Waals surface area contributed by atoms with Crippen molar-refractivity contribution < 1.29 is 0 Å². The summed E-state index contributed by atoms with van der Waals surface area (Å²) in [5.41, 5.74) is 0.994. The number of thiophene rings is 1. The van der Waals surface area contributed by atoms with Crippen molar-refractivity contribution in [1.29, 1.82) is 0 Å². The molecule has 0 radical (unpaired) electrons. The van der Waals surface area contributed by atoms with Crippen LogP contribution in [-0.4, -0.2) is 9.38 Å². The van der Waals surface area contributed by atoms with Gasteiger partial charge in [0.1, 0.15) is 5.69 Å². The van der Waals surface area contributed by atoms with E-state index in [1.807, 2.05) is 34.3 Å². The lowest BCUT2D eigenvalue weighted by Gasteiger charge is -1.85. The van der Waals surface area contributed by atoms with E-state index in [0.29, 0.717) is 0 Å². The fourth-order valence-corrected chi connectivity index (χ4v) is 3.00. The zero-order valence-electron chi connectivity index (χ0n) is 6.98. The highest BCUT2D eigenvalue weighted by Crippen LogP contribution is 2.30. The number of halogens is 1. The smallest absolute Gasteiger partial charge is 0.194 e. The van der Waals surface area contributed by atoms with Gasteiger partial charge < -0.3 is 0 Å². The van der Waals surface area contributed by atoms with E-state index >= 15 is 0 Å². The molecule has 0 amide bonds. The zero-order chi connectivity index (χ0) is 9.54. The predicted molar refractivity (Wildman–Crippen MR) is 61.4 cm³/mol. The second-order valence-electron chi connectivity index (χ2n) is 2.82. The molecule has 5 heteroatoms. The molecule has 3 heterocycles. The molecule has 0 aromatic carbocycles. The maximum Gasteiger partial charge on any atom is 0.194 e. The Bertz CT molecular complexity index is 550. The number of thiazole rings is 1. The van der Waals surface area contributed by atoms with E-state index in [4.69, 9.17) is 11.6 Å². The number of imidazole rings is 1. The first-order valence-electron chi connectivity index (χ1n) is 4.01. The van der Waals surface area contributed by atoms with Crippen LogP contribution in [0.3, 0.4) is 0 Å². The zero-order valence-corrected chi connectivity index (χ0v) is 9.36. The van der Waals surface area contributed by atoms with E-state index in [2.05, 4.69) is 4.98 Å². The summed E-state index contributed by atoms with van der Waals surface area (Å²) in [6.07, 6.45) is 4.03. The van der Waals surface area contributed by atoms with Crippen LogP contribution in [-0.2, 0) is 0 Å². The molecule has 0 bridgehead atoms. The van der Waals surface area contributed by atoms with Crippen LogP contribution >= 0.6 is 34.3 Å². The first kappa shape index (κ1) is 8.47. The monoisotopic (exact) mass is 240 g/mol. The molecule has 0 fully saturated rings. The van der Waals surface area contributed by atoms with Gasteiger partial charge in [-0.15, -0.1) is 22.7 Å². The summed E-state index contributed by atoms with van der Waals surface area (Å²) >= 11 is 9.06. The van der Waals surface area contributed by atoms with Gasteiger partial charge in [-0.25, -0.2) is 4.98 Å². The third-order valence-electron chi connectivity index (χ3n) is 1.92. The van der Waals surface area contributed by atoms with Gasteiger partial charge in [-0.05, 0) is 12.1 Å². The van der Waals surface area contributed by atoms with Crippen molar-refractivity contribution in [2.45, 2.75) is 0 Å². The van der Waals surface area contributed by atoms with Crippen molar-refractivity contribution in [3.63, 3.8) is 0 Å². The first-order valence-corrected chi connectivity index (χ1v) is 6.08. The van der Waals surface area contributed by atoms with Crippen molar-refractivity contribution >= 4 is 39.2 Å². The van der Waals surface area contributed by atoms with Crippen LogP contribution in [0.2, 0.25) is 4.34 Å². The summed E-state index contributed by atoms with van der Waals surface area (Å²) in [5, 5.41) is 2.02. The summed E-state index contributed by atoms with van der Waals surface area (Å²) in [4.78, 5) is 6.62. The number of fused-ring (bicyclic) bond motifs is 1. The molecule has 0 N–H and O–H groups in total. The minimum absolute atomic E-state index is 0.802. The van der Waals surface area contributed by atoms with Crippen LogP contribution in [0.15, 0.2) is 29.9 Å². The van der Waals surface area contributed by atoms with Crippen LogP contribution < -0.4 is 0 Å². The van der Waals surface area contributed by atoms with Crippen LogP contribution in [0.1, 0.15) is 0 Å². The van der Waals surface area contributed by atoms with Crippen molar-refractivity contribution in [3.8, 4) is 10.6 Å². The summed E-state index contributed by atoms with van der Waals surface area (Å²) in [6.45, 7) is 0. The summed E-state index contributed by atoms with van der Waals surface area (Å²) in [6, 6.07) is 3.90. The van der Waals surface area contributed by atoms with Crippen LogP contribution in [0.5, 0.6) is 0 Å². The van der Waals surface area contributed by atoms with Gasteiger partial charge in [-0.2, -0.15) is 0 Å². The largest absolute Gasteiger partial charge is 0.297 e. The molecule has 0 unspecified atom stereocenters. The van der Waals surface area contributed by atoms with Gasteiger partial charge in [0.05, 0.1) is 9.21 Å². The molecule has 0 atom stereocenters. The average molecular weight is 241 g/mol. The van der Waals surface area contributed by atoms with Crippen LogP contribution in [0.4, 0.5) is 0 Å². The Morgan fingerprint density at radius 3 is 3.00 bits per heavy atom. The summed E-state index contributed by atoms with van der Waals surface area (Å²) < 4.78 is 2.82. The van der Waals surface area contributed by atoms with Gasteiger partial charge in [0.15, 0.2) is 4.96 Å². The molecule has 0 aliphatic heterocycles. The maximum absolute atomic E-state index is 5.87. The molecule has 0 saturated heterocycles. The molecule has 0 spiro atoms. The Morgan fingerprint density at radius 1 is 1.36 bits per heavy atom. The molecule has 0 saturated carbocycles. The van der Waals surface area contributed by atoms with Crippen LogP contribution in [0.25, 0.3) is 15.5 Å². The van der Waals surface area contributed by atoms with Crippen molar-refractivity contribution in [1.82, 2.24) is 9.38 Å². The Labute approximate surface area is 93.4 Å². The normalized spacial score (nSPS) is 11.2. The van der Waals surface area contributed by atoms with Crippen molar-refractivity contribution in [3.05, 3.63) is 34.2 Å². The minimum Gasteiger partial charge on any atom is -0.297 e. The summed E-state index contributed by atoms with van der Waals surface area (Å²) in [5.74, 6) is 0. The van der Waals surface area contributed by atoms with Gasteiger partial charge in [0.2, 0.25) is 0 Å². The second-order valence-corrected chi connectivity index (χ2v) is 5.41. The second kappa shape index (κ2) is 3.08. The first-order chi connectivity index (χ1) is 6.83. The van der Waals surface area contributed by atoms with E-state index in [9.17, 15) is 0 Å². The van der Waals surface area contributed by atoms with Gasteiger partial charge in [0.25, 0.3) is 0 Å². The fraction of sp³-hybridized carbons (Fsp3) is 0. The van der Waals surface area contributed by atoms with Crippen molar-refractivity contribution in [2.75, 3.05) is 0 Å². The highest BCUT2D eigenvalue weighted by molar-refractivity contribution is 7.19. The quantitative estimate of drug-likeness (QED) is 0.633. The average Bonchev–Trinajstić information content (AvgIpc) is 2.75. The lowest BCUT2D eigenvalue weighted by atomic mass is 10.4. The van der Waals surface area contributed by atoms with Gasteiger partial charge in [0, 0.05) is 17.8 Å². The number of rotatable bonds is 1. The van der Waals surface area contributed by atoms with E-state index in [1.54, 1.807) is 22.7 Å². The highest BCUT2D eigenvalue weighted by atomic mass is 35.5. The molecule has 70 valence electrons. The molecular weight excluding hydrogens is 236 g/mol. The van der Waals surface area contributed by atoms with E-state index < -0.39 is 0 Å². The van der Waals surface area contributed by atoms with Gasteiger partial charge in [-0.3, -0.25) is 4.40 Å². The Balaban J connectivity index is 2.18. The molecule has 3 rings (SSSR count). The van der Waals surface area contributed by atoms with Crippen molar-refractivity contribution in [2.24, 2.45) is 0 Å². The third-order valence-corrected chi connectivity index (χ3v) is 3.94. The summed E-state index contributed by atoms with van der Waals surface area (Å²) in [7, 11) is 0. The fourth-order valence-electron chi connectivity index (χ4n) is 1.30. The molecule has 0 aliphatic rings. The molecule has 3 aromatic rings.